The molecular formula is C16H18N6O2S. The van der Waals surface area contributed by atoms with Crippen LogP contribution in [0, 0.1) is 6.92 Å². The van der Waals surface area contributed by atoms with Crippen LogP contribution < -0.4 is 16.4 Å². The molecule has 3 heterocycles. The Morgan fingerprint density at radius 2 is 2.24 bits per heavy atom. The van der Waals surface area contributed by atoms with Crippen LogP contribution in [-0.2, 0) is 11.8 Å². The van der Waals surface area contributed by atoms with E-state index in [4.69, 9.17) is 5.73 Å². The molecule has 3 amide bonds. The number of thiophene rings is 1. The molecule has 0 radical (unpaired) electrons. The highest BCUT2D eigenvalue weighted by Gasteiger charge is 2.19. The molecule has 0 saturated carbocycles. The van der Waals surface area contributed by atoms with Gasteiger partial charge in [-0.2, -0.15) is 5.10 Å². The molecule has 3 aromatic heterocycles. The van der Waals surface area contributed by atoms with Crippen molar-refractivity contribution in [2.24, 2.45) is 12.8 Å². The van der Waals surface area contributed by atoms with Gasteiger partial charge in [0.15, 0.2) is 5.65 Å². The van der Waals surface area contributed by atoms with Gasteiger partial charge in [0.1, 0.15) is 0 Å². The second kappa shape index (κ2) is 6.89. The Kier molecular flexibility index (Phi) is 4.66. The summed E-state index contributed by atoms with van der Waals surface area (Å²) in [6.45, 7) is 1.89. The molecule has 0 spiro atoms. The van der Waals surface area contributed by atoms with Gasteiger partial charge in [-0.25, -0.2) is 9.78 Å². The lowest BCUT2D eigenvalue weighted by Crippen LogP contribution is -2.34. The molecule has 0 aliphatic heterocycles. The number of hydrogen-bond donors (Lipinski definition) is 3. The molecule has 0 aliphatic rings. The van der Waals surface area contributed by atoms with Gasteiger partial charge in [-0.1, -0.05) is 6.07 Å². The monoisotopic (exact) mass is 358 g/mol. The number of primary amides is 1. The largest absolute Gasteiger partial charge is 0.352 e. The molecule has 25 heavy (non-hydrogen) atoms. The van der Waals surface area contributed by atoms with Crippen LogP contribution in [0.2, 0.25) is 0 Å². The number of aromatic nitrogens is 3. The van der Waals surface area contributed by atoms with Crippen molar-refractivity contribution in [3.05, 3.63) is 40.3 Å². The van der Waals surface area contributed by atoms with E-state index in [1.54, 1.807) is 10.9 Å². The summed E-state index contributed by atoms with van der Waals surface area (Å²) >= 11 is 1.45. The van der Waals surface area contributed by atoms with Crippen molar-refractivity contribution in [2.75, 3.05) is 5.32 Å². The third-order valence-electron chi connectivity index (χ3n) is 3.74. The quantitative estimate of drug-likeness (QED) is 0.647. The van der Waals surface area contributed by atoms with E-state index in [0.717, 1.165) is 21.6 Å². The minimum Gasteiger partial charge on any atom is -0.352 e. The van der Waals surface area contributed by atoms with Crippen molar-refractivity contribution in [1.82, 2.24) is 20.1 Å². The van der Waals surface area contributed by atoms with E-state index in [1.807, 2.05) is 37.6 Å². The highest BCUT2D eigenvalue weighted by Crippen LogP contribution is 2.23. The summed E-state index contributed by atoms with van der Waals surface area (Å²) in [6, 6.07) is 4.42. The predicted octanol–water partition coefficient (Wildman–Crippen LogP) is 2.08. The number of urea groups is 1. The molecule has 0 bridgehead atoms. The van der Waals surface area contributed by atoms with E-state index in [9.17, 15) is 9.59 Å². The number of fused-ring (bicyclic) bond motifs is 1. The smallest absolute Gasteiger partial charge is 0.312 e. The van der Waals surface area contributed by atoms with E-state index in [0.29, 0.717) is 5.69 Å². The van der Waals surface area contributed by atoms with Gasteiger partial charge in [0, 0.05) is 17.3 Å². The maximum Gasteiger partial charge on any atom is 0.312 e. The van der Waals surface area contributed by atoms with Gasteiger partial charge in [-0.3, -0.25) is 9.48 Å². The molecule has 3 aromatic rings. The van der Waals surface area contributed by atoms with Crippen LogP contribution in [0.15, 0.2) is 29.8 Å². The summed E-state index contributed by atoms with van der Waals surface area (Å²) < 4.78 is 1.69. The predicted molar refractivity (Wildman–Crippen MR) is 96.3 cm³/mol. The zero-order valence-corrected chi connectivity index (χ0v) is 14.6. The topological polar surface area (TPSA) is 115 Å². The van der Waals surface area contributed by atoms with Gasteiger partial charge in [0.05, 0.1) is 30.0 Å². The Hall–Kier alpha value is -2.94. The Morgan fingerprint density at radius 3 is 2.92 bits per heavy atom. The number of pyridine rings is 1. The number of hydrogen-bond acceptors (Lipinski definition) is 5. The van der Waals surface area contributed by atoms with Crippen LogP contribution in [-0.4, -0.2) is 26.7 Å². The Balaban J connectivity index is 1.74. The number of rotatable bonds is 5. The van der Waals surface area contributed by atoms with Crippen LogP contribution in [0.4, 0.5) is 10.5 Å². The molecule has 0 aliphatic carbocycles. The summed E-state index contributed by atoms with van der Waals surface area (Å²) in [5.74, 6) is -0.241. The first-order valence-electron chi connectivity index (χ1n) is 7.62. The van der Waals surface area contributed by atoms with E-state index < -0.39 is 12.1 Å². The Bertz CT molecular complexity index is 918. The number of nitrogens with two attached hydrogens (primary N) is 1. The SMILES string of the molecule is Cc1nn(C)c2ncc(NC(=O)CC(NC(N)=O)c3cccs3)cc12. The Morgan fingerprint density at radius 1 is 1.44 bits per heavy atom. The molecule has 9 heteroatoms. The second-order valence-electron chi connectivity index (χ2n) is 5.63. The maximum absolute atomic E-state index is 12.4. The van der Waals surface area contributed by atoms with Gasteiger partial charge in [-0.05, 0) is 24.4 Å². The molecule has 1 atom stereocenters. The zero-order valence-electron chi connectivity index (χ0n) is 13.8. The standard InChI is InChI=1S/C16H18N6O2S/c1-9-11-6-10(8-18-15(11)22(2)21-9)19-14(23)7-12(20-16(17)24)13-4-3-5-25-13/h3-6,8,12H,7H2,1-2H3,(H,19,23)(H3,17,20,24). The van der Waals surface area contributed by atoms with Crippen molar-refractivity contribution < 1.29 is 9.59 Å². The number of anilines is 1. The van der Waals surface area contributed by atoms with Crippen molar-refractivity contribution in [2.45, 2.75) is 19.4 Å². The number of aryl methyl sites for hydroxylation is 2. The second-order valence-corrected chi connectivity index (χ2v) is 6.61. The number of carbonyl (C=O) groups is 2. The van der Waals surface area contributed by atoms with Crippen molar-refractivity contribution in [3.63, 3.8) is 0 Å². The van der Waals surface area contributed by atoms with E-state index in [1.165, 1.54) is 11.3 Å². The highest BCUT2D eigenvalue weighted by atomic mass is 32.1. The molecule has 0 aromatic carbocycles. The third-order valence-corrected chi connectivity index (χ3v) is 4.73. The number of carbonyl (C=O) groups excluding carboxylic acids is 2. The van der Waals surface area contributed by atoms with Gasteiger partial charge in [0.25, 0.3) is 0 Å². The van der Waals surface area contributed by atoms with Gasteiger partial charge in [-0.15, -0.1) is 11.3 Å². The van der Waals surface area contributed by atoms with Crippen LogP contribution >= 0.6 is 11.3 Å². The minimum atomic E-state index is -0.666. The number of amides is 3. The number of nitrogens with one attached hydrogen (secondary N) is 2. The summed E-state index contributed by atoms with van der Waals surface area (Å²) in [7, 11) is 1.82. The summed E-state index contributed by atoms with van der Waals surface area (Å²) in [4.78, 5) is 28.8. The van der Waals surface area contributed by atoms with Crippen LogP contribution in [0.1, 0.15) is 23.0 Å². The molecule has 0 fully saturated rings. The average Bonchev–Trinajstić information content (AvgIpc) is 3.16. The molecular weight excluding hydrogens is 340 g/mol. The number of nitrogens with zero attached hydrogens (tertiary/aromatic N) is 3. The maximum atomic E-state index is 12.4. The molecule has 1 unspecified atom stereocenters. The average molecular weight is 358 g/mol. The summed E-state index contributed by atoms with van der Waals surface area (Å²) in [5, 5.41) is 12.5. The first kappa shape index (κ1) is 16.9. The molecule has 4 N–H and O–H groups in total. The lowest BCUT2D eigenvalue weighted by Gasteiger charge is -2.15. The van der Waals surface area contributed by atoms with Crippen LogP contribution in [0.5, 0.6) is 0 Å². The molecule has 3 rings (SSSR count). The summed E-state index contributed by atoms with van der Waals surface area (Å²) in [6.07, 6.45) is 1.66. The lowest BCUT2D eigenvalue weighted by molar-refractivity contribution is -0.116. The van der Waals surface area contributed by atoms with Crippen molar-refractivity contribution in [1.29, 1.82) is 0 Å². The van der Waals surface area contributed by atoms with Crippen LogP contribution in [0.3, 0.4) is 0 Å². The zero-order chi connectivity index (χ0) is 18.0. The lowest BCUT2D eigenvalue weighted by atomic mass is 10.1. The van der Waals surface area contributed by atoms with E-state index in [-0.39, 0.29) is 12.3 Å². The summed E-state index contributed by atoms with van der Waals surface area (Å²) in [5.41, 5.74) is 7.39. The third kappa shape index (κ3) is 3.77. The minimum absolute atomic E-state index is 0.0769. The van der Waals surface area contributed by atoms with Gasteiger partial charge < -0.3 is 16.4 Å². The Labute approximate surface area is 148 Å². The van der Waals surface area contributed by atoms with Crippen molar-refractivity contribution in [3.8, 4) is 0 Å². The van der Waals surface area contributed by atoms with Gasteiger partial charge >= 0.3 is 6.03 Å². The normalized spacial score (nSPS) is 12.1. The fraction of sp³-hybridized carbons (Fsp3) is 0.250. The highest BCUT2D eigenvalue weighted by molar-refractivity contribution is 7.10. The van der Waals surface area contributed by atoms with Gasteiger partial charge in [0.2, 0.25) is 5.91 Å². The first-order valence-corrected chi connectivity index (χ1v) is 8.50. The van der Waals surface area contributed by atoms with E-state index >= 15 is 0 Å². The van der Waals surface area contributed by atoms with E-state index in [2.05, 4.69) is 20.7 Å². The fourth-order valence-corrected chi connectivity index (χ4v) is 3.44. The molecule has 8 nitrogen and oxygen atoms in total. The van der Waals surface area contributed by atoms with Crippen molar-refractivity contribution >= 4 is 40.0 Å². The van der Waals surface area contributed by atoms with Crippen LogP contribution in [0.25, 0.3) is 11.0 Å². The first-order chi connectivity index (χ1) is 11.9. The molecule has 130 valence electrons. The molecule has 0 saturated heterocycles. The fourth-order valence-electron chi connectivity index (χ4n) is 2.66.